The minimum absolute atomic E-state index is 0.0965. The number of hydrogen-bond donors (Lipinski definition) is 2. The second kappa shape index (κ2) is 6.24. The van der Waals surface area contributed by atoms with Crippen LogP contribution in [0.25, 0.3) is 0 Å². The second-order valence-electron chi connectivity index (χ2n) is 8.02. The van der Waals surface area contributed by atoms with Crippen molar-refractivity contribution in [1.82, 2.24) is 14.7 Å². The van der Waals surface area contributed by atoms with Crippen molar-refractivity contribution in [3.63, 3.8) is 0 Å². The van der Waals surface area contributed by atoms with Gasteiger partial charge in [-0.15, -0.1) is 0 Å². The van der Waals surface area contributed by atoms with E-state index in [0.717, 1.165) is 31.2 Å². The molecule has 8 nitrogen and oxygen atoms in total. The van der Waals surface area contributed by atoms with Gasteiger partial charge in [-0.1, -0.05) is 0 Å². The molecule has 5 rings (SSSR count). The zero-order valence-corrected chi connectivity index (χ0v) is 16.7. The lowest BCUT2D eigenvalue weighted by atomic mass is 10.0. The SMILES string of the molecule is [2H]C([2H])([2H])NS(=O)(=O)c1ccc(Nc2ncc3c(n2)N(C(C)C2CC2)C(=O)C32CC2)cc1. The summed E-state index contributed by atoms with van der Waals surface area (Å²) in [5.74, 6) is 1.59. The van der Waals surface area contributed by atoms with E-state index in [2.05, 4.69) is 22.2 Å². The number of anilines is 3. The average molecular weight is 417 g/mol. The number of carbonyl (C=O) groups excluding carboxylic acids is 1. The van der Waals surface area contributed by atoms with Crippen LogP contribution in [0.2, 0.25) is 0 Å². The molecule has 9 heteroatoms. The molecule has 152 valence electrons. The first-order valence-electron chi connectivity index (χ1n) is 11.1. The highest BCUT2D eigenvalue weighted by atomic mass is 32.2. The van der Waals surface area contributed by atoms with E-state index in [4.69, 9.17) is 4.11 Å². The third-order valence-electron chi connectivity index (χ3n) is 6.16. The van der Waals surface area contributed by atoms with Gasteiger partial charge in [0.25, 0.3) is 0 Å². The van der Waals surface area contributed by atoms with E-state index in [9.17, 15) is 13.2 Å². The number of rotatable bonds is 6. The van der Waals surface area contributed by atoms with E-state index in [0.29, 0.717) is 23.4 Å². The molecule has 0 bridgehead atoms. The summed E-state index contributed by atoms with van der Waals surface area (Å²) < 4.78 is 47.2. The Balaban J connectivity index is 1.39. The molecule has 29 heavy (non-hydrogen) atoms. The van der Waals surface area contributed by atoms with Crippen LogP contribution in [0.5, 0.6) is 0 Å². The van der Waals surface area contributed by atoms with Crippen LogP contribution in [0, 0.1) is 5.92 Å². The minimum Gasteiger partial charge on any atom is -0.324 e. The van der Waals surface area contributed by atoms with Gasteiger partial charge in [-0.2, -0.15) is 4.98 Å². The van der Waals surface area contributed by atoms with Gasteiger partial charge >= 0.3 is 0 Å². The maximum absolute atomic E-state index is 13.2. The molecule has 1 aromatic carbocycles. The summed E-state index contributed by atoms with van der Waals surface area (Å²) in [6.07, 6.45) is 5.60. The van der Waals surface area contributed by atoms with Crippen molar-refractivity contribution in [1.29, 1.82) is 0 Å². The van der Waals surface area contributed by atoms with E-state index in [1.807, 2.05) is 4.90 Å². The van der Waals surface area contributed by atoms with Crippen LogP contribution in [0.4, 0.5) is 17.5 Å². The van der Waals surface area contributed by atoms with Gasteiger partial charge in [0.15, 0.2) is 0 Å². The smallest absolute Gasteiger partial charge is 0.240 e. The maximum Gasteiger partial charge on any atom is 0.240 e. The second-order valence-corrected chi connectivity index (χ2v) is 9.70. The highest BCUT2D eigenvalue weighted by Gasteiger charge is 2.61. The molecule has 1 atom stereocenters. The molecule has 2 aromatic rings. The monoisotopic (exact) mass is 416 g/mol. The largest absolute Gasteiger partial charge is 0.324 e. The van der Waals surface area contributed by atoms with E-state index >= 15 is 0 Å². The molecule has 0 radical (unpaired) electrons. The van der Waals surface area contributed by atoms with Gasteiger partial charge in [0.05, 0.1) is 10.3 Å². The van der Waals surface area contributed by atoms with Crippen molar-refractivity contribution in [2.24, 2.45) is 5.92 Å². The number of aromatic nitrogens is 2. The van der Waals surface area contributed by atoms with E-state index in [1.54, 1.807) is 10.9 Å². The van der Waals surface area contributed by atoms with Crippen molar-refractivity contribution in [2.75, 3.05) is 17.2 Å². The number of carbonyl (C=O) groups is 1. The maximum atomic E-state index is 13.2. The Hall–Kier alpha value is -2.52. The molecule has 1 unspecified atom stereocenters. The standard InChI is InChI=1S/C20H23N5O3S/c1-12(13-3-4-13)25-17-16(20(9-10-20)18(25)26)11-22-19(24-17)23-14-5-7-15(8-6-14)29(27,28)21-2/h5-8,11-13,21H,3-4,9-10H2,1-2H3,(H,22,23,24)/i2D3. The van der Waals surface area contributed by atoms with E-state index in [1.165, 1.54) is 24.3 Å². The first-order chi connectivity index (χ1) is 15.0. The van der Waals surface area contributed by atoms with Crippen molar-refractivity contribution in [3.8, 4) is 0 Å². The minimum atomic E-state index is -4.16. The molecule has 2 N–H and O–H groups in total. The van der Waals surface area contributed by atoms with Gasteiger partial charge in [-0.25, -0.2) is 18.1 Å². The van der Waals surface area contributed by atoms with Crippen LogP contribution in [0.3, 0.4) is 0 Å². The van der Waals surface area contributed by atoms with Crippen molar-refractivity contribution >= 4 is 33.4 Å². The first kappa shape index (κ1) is 15.3. The van der Waals surface area contributed by atoms with Gasteiger partial charge in [0.2, 0.25) is 21.9 Å². The molecule has 1 aromatic heterocycles. The summed E-state index contributed by atoms with van der Waals surface area (Å²) in [5, 5.41) is 3.04. The first-order valence-corrected chi connectivity index (χ1v) is 11.1. The zero-order chi connectivity index (χ0) is 22.9. The number of benzene rings is 1. The number of sulfonamides is 1. The van der Waals surface area contributed by atoms with Crippen molar-refractivity contribution in [3.05, 3.63) is 36.0 Å². The number of amides is 1. The van der Waals surface area contributed by atoms with Crippen LogP contribution in [0.1, 0.15) is 42.3 Å². The molecule has 1 amide bonds. The summed E-state index contributed by atoms with van der Waals surface area (Å²) in [5.41, 5.74) is 0.964. The van der Waals surface area contributed by atoms with Crippen LogP contribution < -0.4 is 14.9 Å². The number of fused-ring (bicyclic) bond motifs is 2. The Morgan fingerprint density at radius 2 is 2.00 bits per heavy atom. The fourth-order valence-electron chi connectivity index (χ4n) is 4.08. The molecule has 1 aliphatic heterocycles. The predicted molar refractivity (Wildman–Crippen MR) is 109 cm³/mol. The van der Waals surface area contributed by atoms with Gasteiger partial charge in [0, 0.05) is 27.6 Å². The number of nitrogens with one attached hydrogen (secondary N) is 2. The predicted octanol–water partition coefficient (Wildman–Crippen LogP) is 2.31. The fourth-order valence-corrected chi connectivity index (χ4v) is 4.69. The lowest BCUT2D eigenvalue weighted by Crippen LogP contribution is -2.40. The molecular weight excluding hydrogens is 390 g/mol. The average Bonchev–Trinajstić information content (AvgIpc) is 3.60. The molecule has 2 heterocycles. The number of nitrogens with zero attached hydrogens (tertiary/aromatic N) is 3. The summed E-state index contributed by atoms with van der Waals surface area (Å²) in [6, 6.07) is 5.70. The third kappa shape index (κ3) is 2.91. The van der Waals surface area contributed by atoms with E-state index < -0.39 is 22.4 Å². The normalized spacial score (nSPS) is 22.6. The van der Waals surface area contributed by atoms with Crippen LogP contribution in [-0.2, 0) is 20.2 Å². The van der Waals surface area contributed by atoms with Crippen LogP contribution in [0.15, 0.2) is 35.4 Å². The molecule has 3 aliphatic rings. The summed E-state index contributed by atoms with van der Waals surface area (Å²) in [7, 11) is -4.16. The van der Waals surface area contributed by atoms with Gasteiger partial charge in [0.1, 0.15) is 5.82 Å². The Morgan fingerprint density at radius 1 is 1.28 bits per heavy atom. The lowest BCUT2D eigenvalue weighted by Gasteiger charge is -2.25. The molecular formula is C20H23N5O3S. The van der Waals surface area contributed by atoms with Gasteiger partial charge < -0.3 is 5.32 Å². The molecule has 2 aliphatic carbocycles. The van der Waals surface area contributed by atoms with Crippen molar-refractivity contribution in [2.45, 2.75) is 49.0 Å². The van der Waals surface area contributed by atoms with Gasteiger partial charge in [-0.3, -0.25) is 9.69 Å². The molecule has 2 saturated carbocycles. The highest BCUT2D eigenvalue weighted by molar-refractivity contribution is 7.89. The topological polar surface area (TPSA) is 104 Å². The summed E-state index contributed by atoms with van der Waals surface area (Å²) in [4.78, 5) is 23.9. The summed E-state index contributed by atoms with van der Waals surface area (Å²) in [6.45, 7) is -0.740. The Labute approximate surface area is 174 Å². The Kier molecular flexibility index (Phi) is 3.30. The fraction of sp³-hybridized carbons (Fsp3) is 0.450. The van der Waals surface area contributed by atoms with Gasteiger partial charge in [-0.05, 0) is 69.8 Å². The van der Waals surface area contributed by atoms with E-state index in [-0.39, 0.29) is 16.8 Å². The van der Waals surface area contributed by atoms with Crippen molar-refractivity contribution < 1.29 is 17.3 Å². The zero-order valence-electron chi connectivity index (χ0n) is 18.8. The van der Waals surface area contributed by atoms with Crippen LogP contribution in [-0.4, -0.2) is 37.3 Å². The lowest BCUT2D eigenvalue weighted by molar-refractivity contribution is -0.120. The molecule has 2 fully saturated rings. The summed E-state index contributed by atoms with van der Waals surface area (Å²) >= 11 is 0. The van der Waals surface area contributed by atoms with Crippen LogP contribution >= 0.6 is 0 Å². The Morgan fingerprint density at radius 3 is 2.62 bits per heavy atom. The molecule has 0 saturated heterocycles. The quantitative estimate of drug-likeness (QED) is 0.749. The third-order valence-corrected chi connectivity index (χ3v) is 7.32. The number of hydrogen-bond acceptors (Lipinski definition) is 6. The highest BCUT2D eigenvalue weighted by Crippen LogP contribution is 2.58. The molecule has 1 spiro atoms. The Bertz CT molecular complexity index is 1190.